The third-order valence-electron chi connectivity index (χ3n) is 1.73. The van der Waals surface area contributed by atoms with Crippen LogP contribution in [0.3, 0.4) is 0 Å². The summed E-state index contributed by atoms with van der Waals surface area (Å²) in [5.41, 5.74) is 5.90. The predicted octanol–water partition coefficient (Wildman–Crippen LogP) is -0.114. The summed E-state index contributed by atoms with van der Waals surface area (Å²) >= 11 is 0. The molecular formula is C8H13N3O2. The van der Waals surface area contributed by atoms with Gasteiger partial charge in [-0.3, -0.25) is 4.79 Å². The molecule has 0 bridgehead atoms. The Morgan fingerprint density at radius 2 is 2.62 bits per heavy atom. The van der Waals surface area contributed by atoms with Crippen molar-refractivity contribution in [2.45, 2.75) is 13.5 Å². The number of nitrogens with one attached hydrogen (secondary N) is 1. The van der Waals surface area contributed by atoms with E-state index in [0.29, 0.717) is 13.1 Å². The highest BCUT2D eigenvalue weighted by molar-refractivity contribution is 5.76. The third kappa shape index (κ3) is 3.25. The van der Waals surface area contributed by atoms with E-state index in [1.54, 1.807) is 13.0 Å². The first-order chi connectivity index (χ1) is 6.20. The van der Waals surface area contributed by atoms with E-state index in [1.807, 2.05) is 0 Å². The quantitative estimate of drug-likeness (QED) is 0.667. The molecule has 1 aromatic heterocycles. The van der Waals surface area contributed by atoms with Gasteiger partial charge in [-0.2, -0.15) is 0 Å². The van der Waals surface area contributed by atoms with E-state index in [4.69, 9.17) is 5.73 Å². The van der Waals surface area contributed by atoms with E-state index in [0.717, 1.165) is 5.69 Å². The van der Waals surface area contributed by atoms with E-state index in [2.05, 4.69) is 15.0 Å². The lowest BCUT2D eigenvalue weighted by Crippen LogP contribution is -2.30. The Labute approximate surface area is 76.3 Å². The molecule has 72 valence electrons. The van der Waals surface area contributed by atoms with Gasteiger partial charge in [-0.25, -0.2) is 0 Å². The Kier molecular flexibility index (Phi) is 3.45. The molecule has 1 heterocycles. The van der Waals surface area contributed by atoms with Crippen molar-refractivity contribution in [3.05, 3.63) is 18.0 Å². The van der Waals surface area contributed by atoms with Crippen LogP contribution in [-0.2, 0) is 11.3 Å². The average molecular weight is 183 g/mol. The normalized spacial score (nSPS) is 12.7. The van der Waals surface area contributed by atoms with E-state index in [-0.39, 0.29) is 11.8 Å². The fraction of sp³-hybridized carbons (Fsp3) is 0.500. The first kappa shape index (κ1) is 9.73. The maximum atomic E-state index is 10.6. The second-order valence-electron chi connectivity index (χ2n) is 2.93. The minimum Gasteiger partial charge on any atom is -0.369 e. The molecule has 5 nitrogen and oxygen atoms in total. The number of carbonyl (C=O) groups excluding carboxylic acids is 1. The van der Waals surface area contributed by atoms with Crippen LogP contribution < -0.4 is 11.1 Å². The van der Waals surface area contributed by atoms with Crippen LogP contribution in [0.4, 0.5) is 0 Å². The highest BCUT2D eigenvalue weighted by Crippen LogP contribution is 1.94. The van der Waals surface area contributed by atoms with Gasteiger partial charge in [-0.1, -0.05) is 12.1 Å². The van der Waals surface area contributed by atoms with Gasteiger partial charge in [0.05, 0.1) is 5.69 Å². The summed E-state index contributed by atoms with van der Waals surface area (Å²) in [6.45, 7) is 2.93. The van der Waals surface area contributed by atoms with Crippen molar-refractivity contribution in [1.29, 1.82) is 0 Å². The number of hydrogen-bond acceptors (Lipinski definition) is 4. The Hall–Kier alpha value is -1.36. The molecule has 0 spiro atoms. The smallest absolute Gasteiger partial charge is 0.221 e. The second kappa shape index (κ2) is 4.61. The molecule has 0 aliphatic heterocycles. The van der Waals surface area contributed by atoms with Crippen molar-refractivity contribution in [3.63, 3.8) is 0 Å². The largest absolute Gasteiger partial charge is 0.369 e. The van der Waals surface area contributed by atoms with Gasteiger partial charge in [-0.05, 0) is 0 Å². The van der Waals surface area contributed by atoms with Crippen molar-refractivity contribution in [1.82, 2.24) is 10.5 Å². The zero-order valence-corrected chi connectivity index (χ0v) is 7.49. The lowest BCUT2D eigenvalue weighted by Gasteiger charge is -2.06. The summed E-state index contributed by atoms with van der Waals surface area (Å²) in [4.78, 5) is 10.6. The fourth-order valence-corrected chi connectivity index (χ4v) is 0.846. The van der Waals surface area contributed by atoms with E-state index in [1.165, 1.54) is 6.26 Å². The summed E-state index contributed by atoms with van der Waals surface area (Å²) in [6, 6.07) is 1.77. The molecule has 0 aliphatic carbocycles. The molecule has 0 aliphatic rings. The Balaban J connectivity index is 2.18. The molecule has 0 saturated carbocycles. The van der Waals surface area contributed by atoms with Crippen molar-refractivity contribution in [2.24, 2.45) is 11.7 Å². The van der Waals surface area contributed by atoms with Crippen molar-refractivity contribution in [2.75, 3.05) is 6.54 Å². The van der Waals surface area contributed by atoms with Crippen LogP contribution >= 0.6 is 0 Å². The third-order valence-corrected chi connectivity index (χ3v) is 1.73. The van der Waals surface area contributed by atoms with Gasteiger partial charge in [0, 0.05) is 25.1 Å². The van der Waals surface area contributed by atoms with Gasteiger partial charge in [0.2, 0.25) is 5.91 Å². The first-order valence-corrected chi connectivity index (χ1v) is 4.09. The molecule has 1 atom stereocenters. The van der Waals surface area contributed by atoms with Gasteiger partial charge < -0.3 is 15.6 Å². The minimum atomic E-state index is -0.298. The topological polar surface area (TPSA) is 81.2 Å². The number of aromatic nitrogens is 1. The maximum absolute atomic E-state index is 10.6. The molecule has 13 heavy (non-hydrogen) atoms. The number of nitrogens with two attached hydrogens (primary N) is 1. The number of amides is 1. The highest BCUT2D eigenvalue weighted by Gasteiger charge is 2.07. The zero-order valence-electron chi connectivity index (χ0n) is 7.49. The number of rotatable bonds is 5. The van der Waals surface area contributed by atoms with Gasteiger partial charge in [-0.15, -0.1) is 0 Å². The molecule has 1 aromatic rings. The fourth-order valence-electron chi connectivity index (χ4n) is 0.846. The highest BCUT2D eigenvalue weighted by atomic mass is 16.5. The summed E-state index contributed by atoms with van der Waals surface area (Å²) in [5.74, 6) is -0.459. The van der Waals surface area contributed by atoms with Gasteiger partial charge in [0.25, 0.3) is 0 Å². The summed E-state index contributed by atoms with van der Waals surface area (Å²) in [5, 5.41) is 6.75. The summed E-state index contributed by atoms with van der Waals surface area (Å²) in [7, 11) is 0. The molecular weight excluding hydrogens is 170 g/mol. The first-order valence-electron chi connectivity index (χ1n) is 4.09. The molecule has 1 unspecified atom stereocenters. The van der Waals surface area contributed by atoms with Crippen molar-refractivity contribution >= 4 is 5.91 Å². The number of hydrogen-bond donors (Lipinski definition) is 2. The van der Waals surface area contributed by atoms with Crippen LogP contribution in [0.15, 0.2) is 16.9 Å². The van der Waals surface area contributed by atoms with Crippen LogP contribution in [0.2, 0.25) is 0 Å². The Bertz CT molecular complexity index is 258. The molecule has 1 rings (SSSR count). The van der Waals surface area contributed by atoms with Crippen LogP contribution in [0, 0.1) is 5.92 Å². The predicted molar refractivity (Wildman–Crippen MR) is 46.6 cm³/mol. The lowest BCUT2D eigenvalue weighted by molar-refractivity contribution is -0.121. The standard InChI is InChI=1S/C8H13N3O2/c1-6(8(9)12)4-10-5-7-2-3-13-11-7/h2-3,6,10H,4-5H2,1H3,(H2,9,12). The number of primary amides is 1. The van der Waals surface area contributed by atoms with Crippen molar-refractivity contribution in [3.8, 4) is 0 Å². The zero-order chi connectivity index (χ0) is 9.68. The van der Waals surface area contributed by atoms with E-state index < -0.39 is 0 Å². The molecule has 0 radical (unpaired) electrons. The molecule has 5 heteroatoms. The van der Waals surface area contributed by atoms with Gasteiger partial charge >= 0.3 is 0 Å². The van der Waals surface area contributed by atoms with E-state index >= 15 is 0 Å². The Morgan fingerprint density at radius 3 is 3.15 bits per heavy atom. The van der Waals surface area contributed by atoms with E-state index in [9.17, 15) is 4.79 Å². The molecule has 3 N–H and O–H groups in total. The van der Waals surface area contributed by atoms with Crippen LogP contribution in [0.5, 0.6) is 0 Å². The lowest BCUT2D eigenvalue weighted by atomic mass is 10.2. The second-order valence-corrected chi connectivity index (χ2v) is 2.93. The van der Waals surface area contributed by atoms with Crippen LogP contribution in [0.25, 0.3) is 0 Å². The monoisotopic (exact) mass is 183 g/mol. The molecule has 0 saturated heterocycles. The maximum Gasteiger partial charge on any atom is 0.221 e. The summed E-state index contributed by atoms with van der Waals surface area (Å²) in [6.07, 6.45) is 1.51. The Morgan fingerprint density at radius 1 is 1.85 bits per heavy atom. The van der Waals surface area contributed by atoms with Gasteiger partial charge in [0.15, 0.2) is 0 Å². The van der Waals surface area contributed by atoms with Crippen LogP contribution in [0.1, 0.15) is 12.6 Å². The molecule has 0 fully saturated rings. The number of nitrogens with zero attached hydrogens (tertiary/aromatic N) is 1. The van der Waals surface area contributed by atoms with Gasteiger partial charge in [0.1, 0.15) is 6.26 Å². The average Bonchev–Trinajstić information content (AvgIpc) is 2.56. The molecule has 1 amide bonds. The number of carbonyl (C=O) groups is 1. The SMILES string of the molecule is CC(CNCc1ccon1)C(N)=O. The minimum absolute atomic E-state index is 0.160. The summed E-state index contributed by atoms with van der Waals surface area (Å²) < 4.78 is 4.64. The molecule has 0 aromatic carbocycles. The van der Waals surface area contributed by atoms with Crippen LogP contribution in [-0.4, -0.2) is 17.6 Å². The van der Waals surface area contributed by atoms with Crippen molar-refractivity contribution < 1.29 is 9.32 Å².